The minimum Gasteiger partial charge on any atom is -0.345 e. The normalized spacial score (nSPS) is 13.8. The predicted molar refractivity (Wildman–Crippen MR) is 76.8 cm³/mol. The average Bonchev–Trinajstić information content (AvgIpc) is 2.85. The van der Waals surface area contributed by atoms with Gasteiger partial charge < -0.3 is 11.1 Å². The molecule has 0 fully saturated rings. The van der Waals surface area contributed by atoms with E-state index in [1.165, 1.54) is 0 Å². The van der Waals surface area contributed by atoms with Gasteiger partial charge in [-0.3, -0.25) is 4.79 Å². The van der Waals surface area contributed by atoms with Crippen LogP contribution in [-0.4, -0.2) is 10.9 Å². The number of aromatic nitrogens is 1. The predicted octanol–water partition coefficient (Wildman–Crippen LogP) is 2.33. The van der Waals surface area contributed by atoms with Crippen molar-refractivity contribution in [1.29, 1.82) is 0 Å². The Kier molecular flexibility index (Phi) is 4.29. The summed E-state index contributed by atoms with van der Waals surface area (Å²) < 4.78 is 0. The first-order chi connectivity index (χ1) is 9.08. The lowest BCUT2D eigenvalue weighted by Gasteiger charge is -2.16. The second-order valence-electron chi connectivity index (χ2n) is 4.43. The van der Waals surface area contributed by atoms with Crippen LogP contribution in [0.15, 0.2) is 36.5 Å². The minimum absolute atomic E-state index is 0.124. The molecule has 2 atom stereocenters. The fourth-order valence-corrected chi connectivity index (χ4v) is 2.53. The number of carbonyl (C=O) groups excluding carboxylic acids is 1. The van der Waals surface area contributed by atoms with Crippen molar-refractivity contribution in [3.63, 3.8) is 0 Å². The molecular formula is C14H17N3OS. The first-order valence-electron chi connectivity index (χ1n) is 6.11. The molecule has 2 aromatic rings. The van der Waals surface area contributed by atoms with E-state index in [0.717, 1.165) is 15.4 Å². The van der Waals surface area contributed by atoms with E-state index in [1.807, 2.05) is 44.2 Å². The number of rotatable bonds is 4. The number of hydrogen-bond donors (Lipinski definition) is 2. The summed E-state index contributed by atoms with van der Waals surface area (Å²) in [4.78, 5) is 17.5. The van der Waals surface area contributed by atoms with E-state index in [2.05, 4.69) is 10.3 Å². The standard InChI is InChI=1S/C14H17N3OS/c1-9-8-16-14(19-9)10(2)17-13(18)12(15)11-6-4-3-5-7-11/h3-8,10,12H,15H2,1-2H3,(H,17,18)/t10?,12-/m0/s1. The first kappa shape index (κ1) is 13.7. The van der Waals surface area contributed by atoms with Gasteiger partial charge in [0.25, 0.3) is 0 Å². The zero-order valence-corrected chi connectivity index (χ0v) is 11.8. The maximum atomic E-state index is 12.1. The number of nitrogens with zero attached hydrogens (tertiary/aromatic N) is 1. The van der Waals surface area contributed by atoms with Gasteiger partial charge in [-0.1, -0.05) is 30.3 Å². The van der Waals surface area contributed by atoms with E-state index < -0.39 is 6.04 Å². The number of nitrogens with one attached hydrogen (secondary N) is 1. The van der Waals surface area contributed by atoms with Crippen LogP contribution < -0.4 is 11.1 Å². The second-order valence-corrected chi connectivity index (χ2v) is 5.69. The number of amides is 1. The molecule has 4 nitrogen and oxygen atoms in total. The molecule has 0 saturated carbocycles. The molecule has 1 aromatic heterocycles. The number of carbonyl (C=O) groups is 1. The van der Waals surface area contributed by atoms with E-state index in [0.29, 0.717) is 0 Å². The Morgan fingerprint density at radius 1 is 1.37 bits per heavy atom. The van der Waals surface area contributed by atoms with E-state index in [-0.39, 0.29) is 11.9 Å². The van der Waals surface area contributed by atoms with Crippen LogP contribution in [0.25, 0.3) is 0 Å². The fraction of sp³-hybridized carbons (Fsp3) is 0.286. The number of hydrogen-bond acceptors (Lipinski definition) is 4. The van der Waals surface area contributed by atoms with Gasteiger partial charge in [-0.2, -0.15) is 0 Å². The van der Waals surface area contributed by atoms with Gasteiger partial charge >= 0.3 is 0 Å². The lowest BCUT2D eigenvalue weighted by atomic mass is 10.1. The Labute approximate surface area is 116 Å². The third-order valence-corrected chi connectivity index (χ3v) is 3.90. The van der Waals surface area contributed by atoms with Gasteiger partial charge in [0, 0.05) is 11.1 Å². The zero-order chi connectivity index (χ0) is 13.8. The van der Waals surface area contributed by atoms with Crippen LogP contribution in [0.1, 0.15) is 34.5 Å². The summed E-state index contributed by atoms with van der Waals surface area (Å²) in [5.74, 6) is -0.188. The highest BCUT2D eigenvalue weighted by atomic mass is 32.1. The van der Waals surface area contributed by atoms with Crippen LogP contribution in [0.2, 0.25) is 0 Å². The summed E-state index contributed by atoms with van der Waals surface area (Å²) in [6.07, 6.45) is 1.81. The second kappa shape index (κ2) is 5.95. The lowest BCUT2D eigenvalue weighted by molar-refractivity contribution is -0.123. The van der Waals surface area contributed by atoms with Gasteiger partial charge in [-0.25, -0.2) is 4.98 Å². The molecule has 3 N–H and O–H groups in total. The van der Waals surface area contributed by atoms with Crippen LogP contribution in [0.3, 0.4) is 0 Å². The maximum absolute atomic E-state index is 12.1. The highest BCUT2D eigenvalue weighted by Gasteiger charge is 2.19. The molecule has 0 radical (unpaired) electrons. The smallest absolute Gasteiger partial charge is 0.242 e. The van der Waals surface area contributed by atoms with Crippen LogP contribution in [-0.2, 0) is 4.79 Å². The van der Waals surface area contributed by atoms with Crippen molar-refractivity contribution in [2.75, 3.05) is 0 Å². The molecule has 0 aliphatic carbocycles. The Balaban J connectivity index is 2.01. The number of benzene rings is 1. The van der Waals surface area contributed by atoms with Gasteiger partial charge in [0.1, 0.15) is 11.0 Å². The summed E-state index contributed by atoms with van der Waals surface area (Å²) in [5, 5.41) is 3.79. The summed E-state index contributed by atoms with van der Waals surface area (Å²) in [6, 6.07) is 8.57. The van der Waals surface area contributed by atoms with Crippen molar-refractivity contribution in [3.05, 3.63) is 52.0 Å². The van der Waals surface area contributed by atoms with Gasteiger partial charge in [0.15, 0.2) is 0 Å². The van der Waals surface area contributed by atoms with E-state index in [4.69, 9.17) is 5.73 Å². The van der Waals surface area contributed by atoms with Crippen molar-refractivity contribution in [2.24, 2.45) is 5.73 Å². The topological polar surface area (TPSA) is 68.0 Å². The Bertz CT molecular complexity index is 553. The van der Waals surface area contributed by atoms with Crippen LogP contribution in [0.4, 0.5) is 0 Å². The van der Waals surface area contributed by atoms with Gasteiger partial charge in [-0.05, 0) is 19.4 Å². The molecule has 1 amide bonds. The van der Waals surface area contributed by atoms with Crippen LogP contribution in [0.5, 0.6) is 0 Å². The number of thiazole rings is 1. The minimum atomic E-state index is -0.648. The van der Waals surface area contributed by atoms with Crippen molar-refractivity contribution in [2.45, 2.75) is 25.9 Å². The molecule has 5 heteroatoms. The van der Waals surface area contributed by atoms with Crippen LogP contribution >= 0.6 is 11.3 Å². The van der Waals surface area contributed by atoms with E-state index in [9.17, 15) is 4.79 Å². The molecule has 19 heavy (non-hydrogen) atoms. The number of nitrogens with two attached hydrogens (primary N) is 1. The average molecular weight is 275 g/mol. The van der Waals surface area contributed by atoms with E-state index >= 15 is 0 Å². The van der Waals surface area contributed by atoms with Gasteiger partial charge in [-0.15, -0.1) is 11.3 Å². The largest absolute Gasteiger partial charge is 0.345 e. The molecule has 1 unspecified atom stereocenters. The maximum Gasteiger partial charge on any atom is 0.242 e. The highest BCUT2D eigenvalue weighted by Crippen LogP contribution is 2.20. The zero-order valence-electron chi connectivity index (χ0n) is 11.0. The molecule has 0 spiro atoms. The fourth-order valence-electron chi connectivity index (χ4n) is 1.75. The molecule has 100 valence electrons. The molecular weight excluding hydrogens is 258 g/mol. The Morgan fingerprint density at radius 2 is 2.05 bits per heavy atom. The molecule has 0 aliphatic rings. The molecule has 2 rings (SSSR count). The Morgan fingerprint density at radius 3 is 2.63 bits per heavy atom. The van der Waals surface area contributed by atoms with Gasteiger partial charge in [0.2, 0.25) is 5.91 Å². The quantitative estimate of drug-likeness (QED) is 0.900. The van der Waals surface area contributed by atoms with Crippen molar-refractivity contribution in [1.82, 2.24) is 10.3 Å². The monoisotopic (exact) mass is 275 g/mol. The van der Waals surface area contributed by atoms with Crippen LogP contribution in [0, 0.1) is 6.92 Å². The van der Waals surface area contributed by atoms with Crippen molar-refractivity contribution < 1.29 is 4.79 Å². The van der Waals surface area contributed by atoms with Crippen molar-refractivity contribution in [3.8, 4) is 0 Å². The van der Waals surface area contributed by atoms with Crippen molar-refractivity contribution >= 4 is 17.2 Å². The lowest BCUT2D eigenvalue weighted by Crippen LogP contribution is -2.35. The number of aryl methyl sites for hydroxylation is 1. The molecule has 1 aromatic carbocycles. The summed E-state index contributed by atoms with van der Waals surface area (Å²) in [5.41, 5.74) is 6.75. The SMILES string of the molecule is Cc1cnc(C(C)NC(=O)[C@@H](N)c2ccccc2)s1. The highest BCUT2D eigenvalue weighted by molar-refractivity contribution is 7.11. The van der Waals surface area contributed by atoms with Gasteiger partial charge in [0.05, 0.1) is 6.04 Å². The summed E-state index contributed by atoms with van der Waals surface area (Å²) in [7, 11) is 0. The third kappa shape index (κ3) is 3.39. The summed E-state index contributed by atoms with van der Waals surface area (Å²) in [6.45, 7) is 3.90. The molecule has 0 aliphatic heterocycles. The Hall–Kier alpha value is -1.72. The van der Waals surface area contributed by atoms with E-state index in [1.54, 1.807) is 17.5 Å². The molecule has 1 heterocycles. The molecule has 0 saturated heterocycles. The summed E-state index contributed by atoms with van der Waals surface area (Å²) >= 11 is 1.58. The molecule has 0 bridgehead atoms. The first-order valence-corrected chi connectivity index (χ1v) is 6.93. The third-order valence-electron chi connectivity index (χ3n) is 2.81.